The van der Waals surface area contributed by atoms with Gasteiger partial charge < -0.3 is 24.4 Å². The number of fused-ring (bicyclic) bond motifs is 2. The van der Waals surface area contributed by atoms with Gasteiger partial charge in [0, 0.05) is 44.5 Å². The highest BCUT2D eigenvalue weighted by Crippen LogP contribution is 2.60. The van der Waals surface area contributed by atoms with Gasteiger partial charge in [-0.05, 0) is 47.0 Å². The lowest BCUT2D eigenvalue weighted by molar-refractivity contribution is -0.149. The molecule has 1 saturated heterocycles. The molecule has 54 heavy (non-hydrogen) atoms. The maximum absolute atomic E-state index is 14.8. The van der Waals surface area contributed by atoms with E-state index in [-0.39, 0.29) is 48.8 Å². The topological polar surface area (TPSA) is 112 Å². The van der Waals surface area contributed by atoms with Gasteiger partial charge in [0.15, 0.2) is 5.60 Å². The molecule has 0 bridgehead atoms. The van der Waals surface area contributed by atoms with E-state index < -0.39 is 19.8 Å². The third kappa shape index (κ3) is 6.54. The minimum atomic E-state index is -2.53. The number of hydrogen-bond acceptors (Lipinski definition) is 7. The summed E-state index contributed by atoms with van der Waals surface area (Å²) in [7, 11) is 0.867. The van der Waals surface area contributed by atoms with Gasteiger partial charge in [-0.25, -0.2) is 5.01 Å². The van der Waals surface area contributed by atoms with Crippen molar-refractivity contribution in [1.29, 1.82) is 0 Å². The third-order valence-corrected chi connectivity index (χ3v) is 16.0. The number of hydrazone groups is 1. The maximum atomic E-state index is 14.8. The van der Waals surface area contributed by atoms with E-state index in [2.05, 4.69) is 32.2 Å². The number of hydrogen-bond donors (Lipinski definition) is 1. The third-order valence-electron chi connectivity index (χ3n) is 11.6. The van der Waals surface area contributed by atoms with Crippen molar-refractivity contribution in [3.63, 3.8) is 0 Å². The number of benzene rings is 4. The van der Waals surface area contributed by atoms with Crippen molar-refractivity contribution in [2.75, 3.05) is 37.2 Å². The van der Waals surface area contributed by atoms with Crippen LogP contribution in [0.25, 0.3) is 0 Å². The minimum absolute atomic E-state index is 0.0392. The first kappa shape index (κ1) is 37.2. The molecule has 7 rings (SSSR count). The molecule has 3 heterocycles. The molecule has 0 aromatic heterocycles. The lowest BCUT2D eigenvalue weighted by atomic mass is 9.82. The predicted molar refractivity (Wildman–Crippen MR) is 213 cm³/mol. The second-order valence-corrected chi connectivity index (χ2v) is 19.8. The van der Waals surface area contributed by atoms with Crippen LogP contribution in [0.5, 0.6) is 5.75 Å². The highest BCUT2D eigenvalue weighted by Gasteiger charge is 2.66. The molecular formula is C43H48N4O6Si. The van der Waals surface area contributed by atoms with Crippen LogP contribution in [0.1, 0.15) is 42.9 Å². The lowest BCUT2D eigenvalue weighted by Crippen LogP contribution is -2.52. The van der Waals surface area contributed by atoms with E-state index in [4.69, 9.17) is 14.6 Å². The molecule has 10 nitrogen and oxygen atoms in total. The summed E-state index contributed by atoms with van der Waals surface area (Å²) in [4.78, 5) is 45.8. The van der Waals surface area contributed by atoms with Crippen molar-refractivity contribution in [1.82, 2.24) is 4.90 Å². The van der Waals surface area contributed by atoms with E-state index in [9.17, 15) is 19.5 Å². The molecule has 3 amide bonds. The number of rotatable bonds is 11. The van der Waals surface area contributed by atoms with Gasteiger partial charge >= 0.3 is 0 Å². The number of carbonyl (C=O) groups excluding carboxylic acids is 3. The van der Waals surface area contributed by atoms with Gasteiger partial charge in [0.25, 0.3) is 5.91 Å². The number of carbonyl (C=O) groups is 3. The molecule has 0 unspecified atom stereocenters. The molecule has 1 spiro atoms. The number of nitrogens with zero attached hydrogens (tertiary/aromatic N) is 4. The summed E-state index contributed by atoms with van der Waals surface area (Å²) < 4.78 is 12.6. The molecule has 4 aromatic rings. The van der Waals surface area contributed by atoms with E-state index in [0.717, 1.165) is 27.8 Å². The predicted octanol–water partition coefficient (Wildman–Crippen LogP) is 5.83. The summed E-state index contributed by atoms with van der Waals surface area (Å²) in [6.45, 7) is 6.97. The van der Waals surface area contributed by atoms with Crippen LogP contribution in [0.15, 0.2) is 108 Å². The van der Waals surface area contributed by atoms with E-state index in [1.165, 1.54) is 5.01 Å². The quantitative estimate of drug-likeness (QED) is 0.194. The van der Waals surface area contributed by atoms with Crippen LogP contribution in [0.3, 0.4) is 0 Å². The van der Waals surface area contributed by atoms with Crippen LogP contribution in [0.2, 0.25) is 18.6 Å². The number of anilines is 2. The molecule has 4 atom stereocenters. The lowest BCUT2D eigenvalue weighted by Gasteiger charge is -2.37. The Hall–Kier alpha value is -5.10. The Kier molecular flexibility index (Phi) is 10.3. The van der Waals surface area contributed by atoms with Crippen LogP contribution in [-0.4, -0.2) is 74.9 Å². The summed E-state index contributed by atoms with van der Waals surface area (Å²) >= 11 is 0. The monoisotopic (exact) mass is 744 g/mol. The van der Waals surface area contributed by atoms with Gasteiger partial charge in [0.1, 0.15) is 5.75 Å². The van der Waals surface area contributed by atoms with E-state index in [1.807, 2.05) is 91.0 Å². The van der Waals surface area contributed by atoms with Gasteiger partial charge in [-0.2, -0.15) is 5.10 Å². The van der Waals surface area contributed by atoms with Crippen molar-refractivity contribution >= 4 is 48.1 Å². The fourth-order valence-corrected chi connectivity index (χ4v) is 12.9. The van der Waals surface area contributed by atoms with Gasteiger partial charge in [0.2, 0.25) is 11.8 Å². The second kappa shape index (κ2) is 15.0. The Bertz CT molecular complexity index is 2060. The maximum Gasteiger partial charge on any atom is 0.264 e. The van der Waals surface area contributed by atoms with Crippen molar-refractivity contribution < 1.29 is 29.0 Å². The zero-order chi connectivity index (χ0) is 38.2. The number of ether oxygens (including phenoxy) is 2. The van der Waals surface area contributed by atoms with Gasteiger partial charge in [-0.15, -0.1) is 0 Å². The number of amides is 3. The Balaban J connectivity index is 1.30. The molecule has 1 fully saturated rings. The summed E-state index contributed by atoms with van der Waals surface area (Å²) in [5.74, 6) is -0.0648. The molecule has 3 aliphatic rings. The summed E-state index contributed by atoms with van der Waals surface area (Å²) in [5.41, 5.74) is 3.09. The van der Waals surface area contributed by atoms with Gasteiger partial charge in [-0.3, -0.25) is 14.4 Å². The fraction of sp³-hybridized carbons (Fsp3) is 0.349. The highest BCUT2D eigenvalue weighted by molar-refractivity contribution is 6.91. The van der Waals surface area contributed by atoms with Crippen LogP contribution in [0.4, 0.5) is 11.4 Å². The first-order valence-corrected chi connectivity index (χ1v) is 21.7. The molecule has 3 aliphatic heterocycles. The smallest absolute Gasteiger partial charge is 0.264 e. The average molecular weight is 745 g/mol. The van der Waals surface area contributed by atoms with Crippen molar-refractivity contribution in [2.24, 2.45) is 11.0 Å². The SMILES string of the molecule is COc1ccc([Si](C)(C)[C@@H]2[C@@H](CC(=O)N(CCO)Cc3ccccc3)O[C@]3(C(=O)N(C)c4ccc(N5N=C(c6ccccc6)CCC5=O)cc43)[C@H]2C)cc1. The zero-order valence-corrected chi connectivity index (χ0v) is 32.6. The Morgan fingerprint density at radius 2 is 1.67 bits per heavy atom. The van der Waals surface area contributed by atoms with E-state index in [0.29, 0.717) is 36.3 Å². The largest absolute Gasteiger partial charge is 0.497 e. The normalized spacial score (nSPS) is 22.4. The summed E-state index contributed by atoms with van der Waals surface area (Å²) in [6.07, 6.45) is 0.273. The number of likely N-dealkylation sites (N-methyl/N-ethyl adjacent to an activating group) is 1. The fourth-order valence-electron chi connectivity index (χ4n) is 8.85. The molecule has 11 heteroatoms. The van der Waals surface area contributed by atoms with Crippen LogP contribution >= 0.6 is 0 Å². The van der Waals surface area contributed by atoms with Crippen LogP contribution in [0, 0.1) is 5.92 Å². The van der Waals surface area contributed by atoms with E-state index in [1.54, 1.807) is 24.0 Å². The van der Waals surface area contributed by atoms with Gasteiger partial charge in [0.05, 0.1) is 51.4 Å². The molecule has 0 saturated carbocycles. The molecule has 4 aromatic carbocycles. The molecule has 280 valence electrons. The average Bonchev–Trinajstić information content (AvgIpc) is 3.60. The minimum Gasteiger partial charge on any atom is -0.497 e. The van der Waals surface area contributed by atoms with Crippen molar-refractivity contribution in [2.45, 2.75) is 63.1 Å². The molecule has 1 N–H and O–H groups in total. The molecule has 0 aliphatic carbocycles. The van der Waals surface area contributed by atoms with Crippen molar-refractivity contribution in [3.8, 4) is 5.75 Å². The molecular weight excluding hydrogens is 697 g/mol. The number of aliphatic hydroxyl groups is 1. The van der Waals surface area contributed by atoms with E-state index >= 15 is 0 Å². The van der Waals surface area contributed by atoms with Crippen molar-refractivity contribution in [3.05, 3.63) is 120 Å². The Labute approximate surface area is 318 Å². The van der Waals surface area contributed by atoms with Crippen LogP contribution in [-0.2, 0) is 31.3 Å². The number of aliphatic hydroxyl groups excluding tert-OH is 1. The Morgan fingerprint density at radius 1 is 0.981 bits per heavy atom. The number of methoxy groups -OCH3 is 1. The summed E-state index contributed by atoms with van der Waals surface area (Å²) in [5, 5.41) is 17.4. The summed E-state index contributed by atoms with van der Waals surface area (Å²) in [6, 6.07) is 33.3. The first-order chi connectivity index (χ1) is 26.0. The van der Waals surface area contributed by atoms with Crippen LogP contribution < -0.4 is 19.8 Å². The first-order valence-electron chi connectivity index (χ1n) is 18.6. The zero-order valence-electron chi connectivity index (χ0n) is 31.6. The molecule has 0 radical (unpaired) electrons. The Morgan fingerprint density at radius 3 is 2.33 bits per heavy atom. The second-order valence-electron chi connectivity index (χ2n) is 15.1. The van der Waals surface area contributed by atoms with Gasteiger partial charge in [-0.1, -0.05) is 98.0 Å². The standard InChI is InChI=1S/C43H48N4O6Si/c1-29-41(54(4,5)34-19-17-33(52-3)18-20-34)38(27-40(50)46(24-25-48)28-30-12-8-6-9-13-30)53-43(29)35-26-32(16-22-37(35)45(2)42(43)51)47-39(49)23-21-36(44-47)31-14-10-7-11-15-31/h6-20,22,26,29,38,41,48H,21,23-25,27-28H2,1-5H3/t29-,38+,41-,43+/m0/s1. The highest BCUT2D eigenvalue weighted by atomic mass is 28.3.